The summed E-state index contributed by atoms with van der Waals surface area (Å²) in [7, 11) is 0. The van der Waals surface area contributed by atoms with E-state index in [0.717, 1.165) is 5.69 Å². The van der Waals surface area contributed by atoms with E-state index in [1.54, 1.807) is 43.5 Å². The number of carbonyl (C=O) groups excluding carboxylic acids is 1. The van der Waals surface area contributed by atoms with Crippen molar-refractivity contribution in [1.82, 2.24) is 4.98 Å². The summed E-state index contributed by atoms with van der Waals surface area (Å²) in [6, 6.07) is 8.34. The van der Waals surface area contributed by atoms with E-state index in [-0.39, 0.29) is 5.91 Å². The van der Waals surface area contributed by atoms with Crippen LogP contribution < -0.4 is 10.1 Å². The maximum absolute atomic E-state index is 12.1. The zero-order chi connectivity index (χ0) is 15.4. The molecule has 0 aliphatic carbocycles. The Morgan fingerprint density at radius 3 is 2.71 bits per heavy atom. The lowest BCUT2D eigenvalue weighted by molar-refractivity contribution is -0.122. The van der Waals surface area contributed by atoms with E-state index >= 15 is 0 Å². The highest BCUT2D eigenvalue weighted by atomic mass is 35.5. The number of nitrogens with zero attached hydrogens (tertiary/aromatic N) is 1. The van der Waals surface area contributed by atoms with Crippen LogP contribution in [-0.4, -0.2) is 17.0 Å². The van der Waals surface area contributed by atoms with Crippen LogP contribution in [0.15, 0.2) is 36.5 Å². The van der Waals surface area contributed by atoms with Crippen LogP contribution in [0.3, 0.4) is 0 Å². The number of halogens is 2. The first kappa shape index (κ1) is 15.6. The Bertz CT molecular complexity index is 662. The summed E-state index contributed by atoms with van der Waals surface area (Å²) in [5.74, 6) is 0.140. The van der Waals surface area contributed by atoms with E-state index in [1.165, 1.54) is 0 Å². The molecule has 21 heavy (non-hydrogen) atoms. The molecule has 6 heteroatoms. The molecule has 0 bridgehead atoms. The molecule has 1 aromatic carbocycles. The van der Waals surface area contributed by atoms with Gasteiger partial charge in [-0.3, -0.25) is 9.78 Å². The van der Waals surface area contributed by atoms with E-state index in [0.29, 0.717) is 21.5 Å². The highest BCUT2D eigenvalue weighted by Crippen LogP contribution is 2.28. The average molecular weight is 325 g/mol. The first-order valence-corrected chi connectivity index (χ1v) is 7.06. The molecular weight excluding hydrogens is 311 g/mol. The van der Waals surface area contributed by atoms with Gasteiger partial charge in [0.15, 0.2) is 6.10 Å². The second kappa shape index (κ2) is 6.78. The zero-order valence-electron chi connectivity index (χ0n) is 11.6. The number of hydrogen-bond acceptors (Lipinski definition) is 3. The summed E-state index contributed by atoms with van der Waals surface area (Å²) < 4.78 is 5.55. The fraction of sp³-hybridized carbons (Fsp3) is 0.200. The number of aromatic nitrogens is 1. The zero-order valence-corrected chi connectivity index (χ0v) is 13.1. The van der Waals surface area contributed by atoms with Crippen LogP contribution in [0.4, 0.5) is 5.69 Å². The van der Waals surface area contributed by atoms with E-state index in [4.69, 9.17) is 27.9 Å². The minimum atomic E-state index is -0.697. The van der Waals surface area contributed by atoms with Gasteiger partial charge in [0.2, 0.25) is 0 Å². The van der Waals surface area contributed by atoms with Crippen LogP contribution in [0.5, 0.6) is 5.75 Å². The quantitative estimate of drug-likeness (QED) is 0.921. The molecule has 1 aromatic heterocycles. The van der Waals surface area contributed by atoms with Gasteiger partial charge in [-0.1, -0.05) is 23.2 Å². The molecule has 0 aliphatic heterocycles. The van der Waals surface area contributed by atoms with E-state index in [2.05, 4.69) is 10.3 Å². The Kier molecular flexibility index (Phi) is 5.04. The van der Waals surface area contributed by atoms with Crippen molar-refractivity contribution in [2.75, 3.05) is 5.32 Å². The van der Waals surface area contributed by atoms with Crippen molar-refractivity contribution < 1.29 is 9.53 Å². The summed E-state index contributed by atoms with van der Waals surface area (Å²) in [5.41, 5.74) is 1.49. The van der Waals surface area contributed by atoms with Crippen LogP contribution in [0.25, 0.3) is 0 Å². The van der Waals surface area contributed by atoms with Gasteiger partial charge in [-0.05, 0) is 44.2 Å². The molecule has 1 N–H and O–H groups in total. The lowest BCUT2D eigenvalue weighted by atomic mass is 10.3. The maximum atomic E-state index is 12.1. The molecule has 1 unspecified atom stereocenters. The number of aryl methyl sites for hydroxylation is 1. The molecule has 1 amide bonds. The monoisotopic (exact) mass is 324 g/mol. The number of rotatable bonds is 4. The van der Waals surface area contributed by atoms with E-state index in [1.807, 2.05) is 6.92 Å². The SMILES string of the molecule is Cc1cc(NC(=O)C(C)Oc2ccc(Cl)cc2Cl)ccn1. The predicted octanol–water partition coefficient (Wildman–Crippen LogP) is 4.10. The minimum absolute atomic E-state index is 0.272. The Balaban J connectivity index is 2.02. The number of amides is 1. The Morgan fingerprint density at radius 2 is 2.05 bits per heavy atom. The van der Waals surface area contributed by atoms with Crippen LogP contribution in [0.1, 0.15) is 12.6 Å². The van der Waals surface area contributed by atoms with Gasteiger partial charge in [0.1, 0.15) is 5.75 Å². The van der Waals surface area contributed by atoms with Crippen molar-refractivity contribution in [3.63, 3.8) is 0 Å². The molecule has 0 radical (unpaired) electrons. The molecule has 1 heterocycles. The second-order valence-electron chi connectivity index (χ2n) is 4.51. The predicted molar refractivity (Wildman–Crippen MR) is 84.2 cm³/mol. The molecule has 2 aromatic rings. The summed E-state index contributed by atoms with van der Waals surface area (Å²) in [4.78, 5) is 16.1. The van der Waals surface area contributed by atoms with Gasteiger partial charge in [0.05, 0.1) is 5.02 Å². The summed E-state index contributed by atoms with van der Waals surface area (Å²) in [6.45, 7) is 3.50. The van der Waals surface area contributed by atoms with Crippen LogP contribution >= 0.6 is 23.2 Å². The smallest absolute Gasteiger partial charge is 0.265 e. The van der Waals surface area contributed by atoms with Gasteiger partial charge in [-0.25, -0.2) is 0 Å². The highest BCUT2D eigenvalue weighted by molar-refractivity contribution is 6.35. The molecule has 110 valence electrons. The van der Waals surface area contributed by atoms with Crippen molar-refractivity contribution in [1.29, 1.82) is 0 Å². The first-order valence-electron chi connectivity index (χ1n) is 6.31. The fourth-order valence-corrected chi connectivity index (χ4v) is 2.13. The summed E-state index contributed by atoms with van der Waals surface area (Å²) >= 11 is 11.8. The topological polar surface area (TPSA) is 51.2 Å². The number of hydrogen-bond donors (Lipinski definition) is 1. The summed E-state index contributed by atoms with van der Waals surface area (Å²) in [6.07, 6.45) is 0.934. The summed E-state index contributed by atoms with van der Waals surface area (Å²) in [5, 5.41) is 3.63. The molecular formula is C15H14Cl2N2O2. The second-order valence-corrected chi connectivity index (χ2v) is 5.35. The number of carbonyl (C=O) groups is 1. The van der Waals surface area contributed by atoms with Gasteiger partial charge in [0, 0.05) is 22.6 Å². The van der Waals surface area contributed by atoms with Gasteiger partial charge in [0.25, 0.3) is 5.91 Å². The number of benzene rings is 1. The Hall–Kier alpha value is -1.78. The molecule has 0 fully saturated rings. The number of ether oxygens (including phenoxy) is 1. The van der Waals surface area contributed by atoms with Crippen LogP contribution in [-0.2, 0) is 4.79 Å². The molecule has 4 nitrogen and oxygen atoms in total. The van der Waals surface area contributed by atoms with E-state index in [9.17, 15) is 4.79 Å². The fourth-order valence-electron chi connectivity index (χ4n) is 1.68. The van der Waals surface area contributed by atoms with Crippen molar-refractivity contribution >= 4 is 34.8 Å². The molecule has 0 saturated carbocycles. The van der Waals surface area contributed by atoms with Crippen LogP contribution in [0.2, 0.25) is 10.0 Å². The third-order valence-electron chi connectivity index (χ3n) is 2.73. The molecule has 0 saturated heterocycles. The molecule has 2 rings (SSSR count). The van der Waals surface area contributed by atoms with Crippen molar-refractivity contribution in [2.45, 2.75) is 20.0 Å². The molecule has 1 atom stereocenters. The Labute approximate surface area is 133 Å². The van der Waals surface area contributed by atoms with Gasteiger partial charge in [-0.15, -0.1) is 0 Å². The third kappa shape index (κ3) is 4.34. The highest BCUT2D eigenvalue weighted by Gasteiger charge is 2.16. The third-order valence-corrected chi connectivity index (χ3v) is 3.26. The number of pyridine rings is 1. The first-order chi connectivity index (χ1) is 9.95. The van der Waals surface area contributed by atoms with Gasteiger partial charge >= 0.3 is 0 Å². The average Bonchev–Trinajstić information content (AvgIpc) is 2.41. The van der Waals surface area contributed by atoms with Gasteiger partial charge < -0.3 is 10.1 Å². The molecule has 0 aliphatic rings. The van der Waals surface area contributed by atoms with Crippen molar-refractivity contribution in [3.05, 3.63) is 52.3 Å². The number of anilines is 1. The van der Waals surface area contributed by atoms with Crippen LogP contribution in [0, 0.1) is 6.92 Å². The number of nitrogens with one attached hydrogen (secondary N) is 1. The van der Waals surface area contributed by atoms with Crippen molar-refractivity contribution in [3.8, 4) is 5.75 Å². The minimum Gasteiger partial charge on any atom is -0.479 e. The lowest BCUT2D eigenvalue weighted by Crippen LogP contribution is -2.30. The normalized spacial score (nSPS) is 11.8. The standard InChI is InChI=1S/C15H14Cl2N2O2/c1-9-7-12(5-6-18-9)19-15(20)10(2)21-14-4-3-11(16)8-13(14)17/h3-8,10H,1-2H3,(H,18,19,20). The van der Waals surface area contributed by atoms with Crippen molar-refractivity contribution in [2.24, 2.45) is 0 Å². The Morgan fingerprint density at radius 1 is 1.29 bits per heavy atom. The van der Waals surface area contributed by atoms with Gasteiger partial charge in [-0.2, -0.15) is 0 Å². The largest absolute Gasteiger partial charge is 0.479 e. The maximum Gasteiger partial charge on any atom is 0.265 e. The molecule has 0 spiro atoms. The van der Waals surface area contributed by atoms with E-state index < -0.39 is 6.10 Å². The lowest BCUT2D eigenvalue weighted by Gasteiger charge is -2.15.